The highest BCUT2D eigenvalue weighted by Crippen LogP contribution is 2.37. The van der Waals surface area contributed by atoms with Crippen LogP contribution in [0.3, 0.4) is 0 Å². The van der Waals surface area contributed by atoms with Gasteiger partial charge in [0.15, 0.2) is 17.5 Å². The third-order valence-electron chi connectivity index (χ3n) is 7.83. The average Bonchev–Trinajstić information content (AvgIpc) is 3.57. The fraction of sp³-hybridized carbons (Fsp3) is 0. The van der Waals surface area contributed by atoms with Gasteiger partial charge in [0.2, 0.25) is 0 Å². The van der Waals surface area contributed by atoms with Crippen molar-refractivity contribution < 1.29 is 18.1 Å². The standard InChI is InChI=1S/C41H25N3O/c1-2-9-26(10-3-1)29-18-19-31-25-33(22-20-30(31)23-29)40-42-39(32-21-17-27-11-4-5-12-28(27)24-32)43-41(44-40)35-14-8-16-37-38(35)34-13-6-7-15-36(34)45-37/h1-25H/i1D,2D,3D,6D,7D,9D,10D,14D,15D,16D. The fourth-order valence-electron chi connectivity index (χ4n) is 5.66. The second kappa shape index (κ2) is 10.2. The van der Waals surface area contributed by atoms with E-state index in [9.17, 15) is 0 Å². The molecule has 0 atom stereocenters. The van der Waals surface area contributed by atoms with Crippen molar-refractivity contribution in [1.29, 1.82) is 0 Å². The summed E-state index contributed by atoms with van der Waals surface area (Å²) in [6.45, 7) is 0. The molecule has 2 aromatic heterocycles. The van der Waals surface area contributed by atoms with Crippen molar-refractivity contribution in [3.63, 3.8) is 0 Å². The second-order valence-corrected chi connectivity index (χ2v) is 10.5. The summed E-state index contributed by atoms with van der Waals surface area (Å²) in [6.07, 6.45) is 0. The first-order chi connectivity index (χ1) is 26.4. The van der Waals surface area contributed by atoms with E-state index in [-0.39, 0.29) is 81.6 Å². The van der Waals surface area contributed by atoms with Crippen LogP contribution < -0.4 is 0 Å². The molecule has 9 rings (SSSR count). The van der Waals surface area contributed by atoms with E-state index in [0.717, 1.165) is 21.5 Å². The molecule has 45 heavy (non-hydrogen) atoms. The molecule has 0 saturated heterocycles. The number of rotatable bonds is 4. The van der Waals surface area contributed by atoms with Crippen molar-refractivity contribution >= 4 is 43.5 Å². The zero-order chi connectivity index (χ0) is 38.4. The highest BCUT2D eigenvalue weighted by Gasteiger charge is 2.18. The number of hydrogen-bond donors (Lipinski definition) is 0. The normalized spacial score (nSPS) is 14.7. The number of fused-ring (bicyclic) bond motifs is 5. The molecule has 0 fully saturated rings. The topological polar surface area (TPSA) is 51.8 Å². The highest BCUT2D eigenvalue weighted by atomic mass is 16.3. The first-order valence-corrected chi connectivity index (χ1v) is 14.2. The van der Waals surface area contributed by atoms with Crippen LogP contribution in [0, 0.1) is 0 Å². The number of aromatic nitrogens is 3. The minimum absolute atomic E-state index is 0.0258. The molecule has 0 N–H and O–H groups in total. The summed E-state index contributed by atoms with van der Waals surface area (Å²) in [6, 6.07) is 24.4. The van der Waals surface area contributed by atoms with Crippen LogP contribution in [0.4, 0.5) is 0 Å². The van der Waals surface area contributed by atoms with Crippen molar-refractivity contribution in [2.45, 2.75) is 0 Å². The third kappa shape index (κ3) is 4.43. The molecule has 0 unspecified atom stereocenters. The second-order valence-electron chi connectivity index (χ2n) is 10.5. The Morgan fingerprint density at radius 1 is 0.444 bits per heavy atom. The van der Waals surface area contributed by atoms with Gasteiger partial charge in [-0.1, -0.05) is 121 Å². The van der Waals surface area contributed by atoms with Crippen LogP contribution in [0.25, 0.3) is 88.8 Å². The fourth-order valence-corrected chi connectivity index (χ4v) is 5.66. The van der Waals surface area contributed by atoms with Gasteiger partial charge in [-0.2, -0.15) is 0 Å². The number of furan rings is 1. The molecule has 0 saturated carbocycles. The van der Waals surface area contributed by atoms with E-state index in [4.69, 9.17) is 33.1 Å². The summed E-state index contributed by atoms with van der Waals surface area (Å²) in [4.78, 5) is 14.7. The number of benzene rings is 7. The Balaban J connectivity index is 1.27. The Morgan fingerprint density at radius 2 is 1.07 bits per heavy atom. The van der Waals surface area contributed by atoms with Crippen LogP contribution in [0.2, 0.25) is 0 Å². The molecule has 0 spiro atoms. The maximum atomic E-state index is 9.07. The lowest BCUT2D eigenvalue weighted by Crippen LogP contribution is -2.00. The summed E-state index contributed by atoms with van der Waals surface area (Å²) in [5.74, 6) is 0.694. The number of hydrogen-bond acceptors (Lipinski definition) is 4. The summed E-state index contributed by atoms with van der Waals surface area (Å²) < 4.78 is 89.8. The van der Waals surface area contributed by atoms with E-state index in [2.05, 4.69) is 0 Å². The Bertz CT molecular complexity index is 3100. The van der Waals surface area contributed by atoms with Gasteiger partial charge in [-0.3, -0.25) is 0 Å². The van der Waals surface area contributed by atoms with Gasteiger partial charge in [0.1, 0.15) is 11.2 Å². The maximum Gasteiger partial charge on any atom is 0.164 e. The van der Waals surface area contributed by atoms with Gasteiger partial charge in [-0.05, 0) is 63.0 Å². The SMILES string of the molecule is [2H]c1cc2c(oc3c([2H])cc([2H])c(-c4nc(-c5ccc6ccccc6c5)nc(-c5ccc6cc(-c7c([2H])c([2H])c([2H])c([2H])c7[2H])ccc6c5)n4)c32)c([2H])c1[2H]. The van der Waals surface area contributed by atoms with E-state index in [1.54, 1.807) is 18.2 Å². The van der Waals surface area contributed by atoms with Crippen LogP contribution in [-0.2, 0) is 0 Å². The lowest BCUT2D eigenvalue weighted by atomic mass is 10.00. The zero-order valence-electron chi connectivity index (χ0n) is 33.4. The zero-order valence-corrected chi connectivity index (χ0v) is 23.4. The van der Waals surface area contributed by atoms with Gasteiger partial charge in [-0.15, -0.1) is 0 Å². The molecule has 0 bridgehead atoms. The third-order valence-corrected chi connectivity index (χ3v) is 7.83. The van der Waals surface area contributed by atoms with Gasteiger partial charge in [0.25, 0.3) is 0 Å². The molecule has 7 aromatic carbocycles. The largest absolute Gasteiger partial charge is 0.456 e. The lowest BCUT2D eigenvalue weighted by Gasteiger charge is -2.11. The Kier molecular flexibility index (Phi) is 3.93. The average molecular weight is 586 g/mol. The predicted molar refractivity (Wildman–Crippen MR) is 184 cm³/mol. The molecule has 0 aliphatic heterocycles. The molecule has 9 aromatic rings. The summed E-state index contributed by atoms with van der Waals surface area (Å²) in [5.41, 5.74) is 2.19. The minimum Gasteiger partial charge on any atom is -0.456 e. The van der Waals surface area contributed by atoms with Crippen molar-refractivity contribution in [2.75, 3.05) is 0 Å². The maximum absolute atomic E-state index is 9.07. The molecule has 2 heterocycles. The van der Waals surface area contributed by atoms with Crippen LogP contribution in [0.15, 0.2) is 156 Å². The van der Waals surface area contributed by atoms with Crippen molar-refractivity contribution in [3.8, 4) is 45.3 Å². The molecule has 4 nitrogen and oxygen atoms in total. The Morgan fingerprint density at radius 3 is 1.84 bits per heavy atom. The van der Waals surface area contributed by atoms with Crippen molar-refractivity contribution in [3.05, 3.63) is 151 Å². The van der Waals surface area contributed by atoms with Crippen LogP contribution in [-0.4, -0.2) is 15.0 Å². The van der Waals surface area contributed by atoms with E-state index in [0.29, 0.717) is 27.9 Å². The van der Waals surface area contributed by atoms with Gasteiger partial charge < -0.3 is 4.42 Å². The number of nitrogens with zero attached hydrogens (tertiary/aromatic N) is 3. The molecule has 0 radical (unpaired) electrons. The van der Waals surface area contributed by atoms with Crippen LogP contribution >= 0.6 is 0 Å². The summed E-state index contributed by atoms with van der Waals surface area (Å²) in [7, 11) is 0. The first kappa shape index (κ1) is 17.2. The Hall–Kier alpha value is -6.13. The molecule has 210 valence electrons. The smallest absolute Gasteiger partial charge is 0.164 e. The van der Waals surface area contributed by atoms with Gasteiger partial charge in [0.05, 0.1) is 13.7 Å². The monoisotopic (exact) mass is 585 g/mol. The van der Waals surface area contributed by atoms with E-state index >= 15 is 0 Å². The molecular weight excluding hydrogens is 550 g/mol. The minimum atomic E-state index is -0.455. The van der Waals surface area contributed by atoms with Gasteiger partial charge in [0, 0.05) is 27.5 Å². The lowest BCUT2D eigenvalue weighted by molar-refractivity contribution is 0.669. The van der Waals surface area contributed by atoms with E-state index < -0.39 is 18.1 Å². The van der Waals surface area contributed by atoms with Crippen LogP contribution in [0.5, 0.6) is 0 Å². The van der Waals surface area contributed by atoms with Gasteiger partial charge >= 0.3 is 0 Å². The Labute approximate surface area is 273 Å². The molecule has 0 aliphatic carbocycles. The number of para-hydroxylation sites is 1. The van der Waals surface area contributed by atoms with Gasteiger partial charge in [-0.25, -0.2) is 15.0 Å². The molecule has 4 heteroatoms. The molecular formula is C41H25N3O. The summed E-state index contributed by atoms with van der Waals surface area (Å²) in [5, 5.41) is 4.08. The van der Waals surface area contributed by atoms with E-state index in [1.165, 1.54) is 12.1 Å². The van der Waals surface area contributed by atoms with Crippen LogP contribution in [0.1, 0.15) is 13.7 Å². The van der Waals surface area contributed by atoms with Crippen molar-refractivity contribution in [1.82, 2.24) is 15.0 Å². The quantitative estimate of drug-likeness (QED) is 0.206. The predicted octanol–water partition coefficient (Wildman–Crippen LogP) is 10.7. The van der Waals surface area contributed by atoms with Crippen molar-refractivity contribution in [2.24, 2.45) is 0 Å². The summed E-state index contributed by atoms with van der Waals surface area (Å²) >= 11 is 0. The molecule has 0 aliphatic rings. The first-order valence-electron chi connectivity index (χ1n) is 19.2. The highest BCUT2D eigenvalue weighted by molar-refractivity contribution is 6.11. The van der Waals surface area contributed by atoms with E-state index in [1.807, 2.05) is 60.7 Å². The molecule has 0 amide bonds.